The van der Waals surface area contributed by atoms with Crippen molar-refractivity contribution in [2.45, 2.75) is 45.4 Å². The lowest BCUT2D eigenvalue weighted by molar-refractivity contribution is -0.117. The van der Waals surface area contributed by atoms with Crippen LogP contribution in [0.25, 0.3) is 0 Å². The first-order valence-electron chi connectivity index (χ1n) is 10.3. The zero-order valence-electron chi connectivity index (χ0n) is 16.9. The van der Waals surface area contributed by atoms with Crippen LogP contribution in [0.2, 0.25) is 0 Å². The molecule has 1 aromatic carbocycles. The summed E-state index contributed by atoms with van der Waals surface area (Å²) in [7, 11) is 0. The van der Waals surface area contributed by atoms with E-state index in [0.717, 1.165) is 44.6 Å². The summed E-state index contributed by atoms with van der Waals surface area (Å²) in [6.07, 6.45) is 8.16. The van der Waals surface area contributed by atoms with Gasteiger partial charge in [0.05, 0.1) is 0 Å². The van der Waals surface area contributed by atoms with E-state index in [2.05, 4.69) is 34.6 Å². The number of anilines is 2. The Morgan fingerprint density at radius 3 is 2.57 bits per heavy atom. The Morgan fingerprint density at radius 1 is 1.18 bits per heavy atom. The third-order valence-electron chi connectivity index (χ3n) is 4.73. The molecule has 0 saturated carbocycles. The molecule has 0 aliphatic carbocycles. The zero-order valence-corrected chi connectivity index (χ0v) is 16.9. The molecule has 1 aliphatic heterocycles. The van der Waals surface area contributed by atoms with Crippen molar-refractivity contribution in [2.75, 3.05) is 43.1 Å². The molecule has 1 fully saturated rings. The Morgan fingerprint density at radius 2 is 1.89 bits per heavy atom. The number of nitrogens with one attached hydrogen (secondary N) is 2. The standard InChI is InChI=1S/C22H32N4O2/c1-2-3-15-28-16-7-12-24-22(27)19(17-23)18-25-20-8-10-21(11-9-20)26-13-5-4-6-14-26/h8-11,18,25H,2-7,12-16H2,1H3,(H,24,27)/b19-18-. The van der Waals surface area contributed by atoms with Crippen molar-refractivity contribution in [3.8, 4) is 6.07 Å². The lowest BCUT2D eigenvalue weighted by Gasteiger charge is -2.28. The first kappa shape index (κ1) is 21.8. The summed E-state index contributed by atoms with van der Waals surface area (Å²) in [4.78, 5) is 14.5. The van der Waals surface area contributed by atoms with E-state index in [9.17, 15) is 10.1 Å². The Labute approximate surface area is 168 Å². The lowest BCUT2D eigenvalue weighted by Crippen LogP contribution is -2.29. The van der Waals surface area contributed by atoms with Crippen LogP contribution in [0.5, 0.6) is 0 Å². The number of benzene rings is 1. The van der Waals surface area contributed by atoms with E-state index in [4.69, 9.17) is 4.74 Å². The van der Waals surface area contributed by atoms with Crippen LogP contribution in [-0.4, -0.2) is 38.8 Å². The molecule has 6 nitrogen and oxygen atoms in total. The number of amides is 1. The summed E-state index contributed by atoms with van der Waals surface area (Å²) in [5.74, 6) is -0.367. The molecular formula is C22H32N4O2. The molecule has 1 aromatic rings. The maximum atomic E-state index is 12.1. The molecule has 0 atom stereocenters. The molecule has 6 heteroatoms. The number of carbonyl (C=O) groups is 1. The molecule has 2 N–H and O–H groups in total. The third-order valence-corrected chi connectivity index (χ3v) is 4.73. The summed E-state index contributed by atoms with van der Waals surface area (Å²) in [5, 5.41) is 15.0. The number of nitrogens with zero attached hydrogens (tertiary/aromatic N) is 2. The average Bonchev–Trinajstić information content (AvgIpc) is 2.74. The largest absolute Gasteiger partial charge is 0.381 e. The number of hydrogen-bond acceptors (Lipinski definition) is 5. The van der Waals surface area contributed by atoms with Crippen LogP contribution in [0, 0.1) is 11.3 Å². The minimum Gasteiger partial charge on any atom is -0.381 e. The molecule has 0 aromatic heterocycles. The summed E-state index contributed by atoms with van der Waals surface area (Å²) in [5.41, 5.74) is 2.13. The minimum absolute atomic E-state index is 0.0620. The second-order valence-electron chi connectivity index (χ2n) is 6.98. The van der Waals surface area contributed by atoms with E-state index in [1.807, 2.05) is 18.2 Å². The number of piperidine rings is 1. The molecule has 0 radical (unpaired) electrons. The van der Waals surface area contributed by atoms with Crippen LogP contribution in [0.15, 0.2) is 36.0 Å². The number of ether oxygens (including phenoxy) is 1. The van der Waals surface area contributed by atoms with E-state index >= 15 is 0 Å². The van der Waals surface area contributed by atoms with Gasteiger partial charge in [-0.05, 0) is 56.4 Å². The first-order valence-corrected chi connectivity index (χ1v) is 10.3. The van der Waals surface area contributed by atoms with Crippen LogP contribution >= 0.6 is 0 Å². The highest BCUT2D eigenvalue weighted by atomic mass is 16.5. The van der Waals surface area contributed by atoms with Crippen molar-refractivity contribution in [3.05, 3.63) is 36.0 Å². The highest BCUT2D eigenvalue weighted by Gasteiger charge is 2.11. The maximum Gasteiger partial charge on any atom is 0.263 e. The van der Waals surface area contributed by atoms with Gasteiger partial charge in [-0.15, -0.1) is 0 Å². The summed E-state index contributed by atoms with van der Waals surface area (Å²) in [6, 6.07) is 10.0. The highest BCUT2D eigenvalue weighted by Crippen LogP contribution is 2.21. The number of hydrogen-bond donors (Lipinski definition) is 2. The zero-order chi connectivity index (χ0) is 20.0. The molecule has 1 aliphatic rings. The van der Waals surface area contributed by atoms with Gasteiger partial charge in [0.25, 0.3) is 5.91 Å². The number of unbranched alkanes of at least 4 members (excludes halogenated alkanes) is 1. The molecule has 1 saturated heterocycles. The number of nitriles is 1. The van der Waals surface area contributed by atoms with Gasteiger partial charge in [-0.2, -0.15) is 5.26 Å². The van der Waals surface area contributed by atoms with E-state index in [1.54, 1.807) is 0 Å². The average molecular weight is 385 g/mol. The predicted molar refractivity (Wildman–Crippen MR) is 113 cm³/mol. The fraction of sp³-hybridized carbons (Fsp3) is 0.545. The Bertz CT molecular complexity index is 658. The molecule has 0 bridgehead atoms. The van der Waals surface area contributed by atoms with Crippen molar-refractivity contribution < 1.29 is 9.53 Å². The monoisotopic (exact) mass is 384 g/mol. The fourth-order valence-electron chi connectivity index (χ4n) is 3.04. The van der Waals surface area contributed by atoms with Crippen LogP contribution in [0.1, 0.15) is 45.4 Å². The Kier molecular flexibility index (Phi) is 9.95. The van der Waals surface area contributed by atoms with Crippen LogP contribution < -0.4 is 15.5 Å². The van der Waals surface area contributed by atoms with Crippen LogP contribution in [-0.2, 0) is 9.53 Å². The molecule has 0 unspecified atom stereocenters. The van der Waals surface area contributed by atoms with Gasteiger partial charge in [0.15, 0.2) is 0 Å². The Hall–Kier alpha value is -2.52. The normalized spacial score (nSPS) is 14.4. The highest BCUT2D eigenvalue weighted by molar-refractivity contribution is 5.97. The van der Waals surface area contributed by atoms with Crippen LogP contribution in [0.3, 0.4) is 0 Å². The van der Waals surface area contributed by atoms with Gasteiger partial charge in [-0.1, -0.05) is 13.3 Å². The third kappa shape index (κ3) is 7.61. The van der Waals surface area contributed by atoms with E-state index in [-0.39, 0.29) is 11.5 Å². The topological polar surface area (TPSA) is 77.4 Å². The second-order valence-corrected chi connectivity index (χ2v) is 6.98. The van der Waals surface area contributed by atoms with Crippen molar-refractivity contribution in [1.82, 2.24) is 5.32 Å². The van der Waals surface area contributed by atoms with Crippen molar-refractivity contribution in [3.63, 3.8) is 0 Å². The van der Waals surface area contributed by atoms with Crippen molar-refractivity contribution in [1.29, 1.82) is 5.26 Å². The molecule has 152 valence electrons. The summed E-state index contributed by atoms with van der Waals surface area (Å²) < 4.78 is 5.45. The van der Waals surface area contributed by atoms with Gasteiger partial charge in [-0.25, -0.2) is 0 Å². The SMILES string of the molecule is CCCCOCCCNC(=O)/C(C#N)=C\Nc1ccc(N2CCCCC2)cc1. The van der Waals surface area contributed by atoms with Gasteiger partial charge in [0.1, 0.15) is 11.6 Å². The molecule has 28 heavy (non-hydrogen) atoms. The van der Waals surface area contributed by atoms with Gasteiger partial charge < -0.3 is 20.3 Å². The van der Waals surface area contributed by atoms with Gasteiger partial charge in [0, 0.05) is 50.4 Å². The second kappa shape index (κ2) is 12.8. The maximum absolute atomic E-state index is 12.1. The molecule has 2 rings (SSSR count). The first-order chi connectivity index (χ1) is 13.7. The molecule has 1 heterocycles. The quantitative estimate of drug-likeness (QED) is 0.344. The van der Waals surface area contributed by atoms with Gasteiger partial charge in [-0.3, -0.25) is 4.79 Å². The molecule has 1 amide bonds. The fourth-order valence-corrected chi connectivity index (χ4v) is 3.04. The minimum atomic E-state index is -0.367. The van der Waals surface area contributed by atoms with Gasteiger partial charge >= 0.3 is 0 Å². The van der Waals surface area contributed by atoms with Gasteiger partial charge in [0.2, 0.25) is 0 Å². The molecular weight excluding hydrogens is 352 g/mol. The van der Waals surface area contributed by atoms with Crippen molar-refractivity contribution >= 4 is 17.3 Å². The predicted octanol–water partition coefficient (Wildman–Crippen LogP) is 3.82. The Balaban J connectivity index is 1.75. The van der Waals surface area contributed by atoms with E-state index < -0.39 is 0 Å². The summed E-state index contributed by atoms with van der Waals surface area (Å²) in [6.45, 7) is 6.21. The smallest absolute Gasteiger partial charge is 0.263 e. The number of rotatable bonds is 11. The molecule has 0 spiro atoms. The summed E-state index contributed by atoms with van der Waals surface area (Å²) >= 11 is 0. The van der Waals surface area contributed by atoms with E-state index in [0.29, 0.717) is 13.2 Å². The lowest BCUT2D eigenvalue weighted by atomic mass is 10.1. The van der Waals surface area contributed by atoms with Crippen molar-refractivity contribution in [2.24, 2.45) is 0 Å². The van der Waals surface area contributed by atoms with E-state index in [1.165, 1.54) is 31.1 Å². The van der Waals surface area contributed by atoms with Crippen LogP contribution in [0.4, 0.5) is 11.4 Å². The number of carbonyl (C=O) groups excluding carboxylic acids is 1.